The van der Waals surface area contributed by atoms with Crippen LogP contribution in [0.3, 0.4) is 0 Å². The molecule has 1 saturated carbocycles. The van der Waals surface area contributed by atoms with Crippen molar-refractivity contribution in [1.82, 2.24) is 0 Å². The average molecular weight is 206 g/mol. The van der Waals surface area contributed by atoms with Gasteiger partial charge in [-0.05, 0) is 42.1 Å². The van der Waals surface area contributed by atoms with Crippen molar-refractivity contribution in [1.29, 1.82) is 5.26 Å². The van der Waals surface area contributed by atoms with E-state index in [0.717, 1.165) is 18.4 Å². The summed E-state index contributed by atoms with van der Waals surface area (Å²) in [6, 6.07) is 9.10. The molecule has 3 heteroatoms. The Kier molecular flexibility index (Phi) is 2.05. The number of carbonyl (C=O) groups is 1. The van der Waals surface area contributed by atoms with Gasteiger partial charge in [0, 0.05) is 0 Å². The van der Waals surface area contributed by atoms with Crippen LogP contribution in [0, 0.1) is 11.3 Å². The van der Waals surface area contributed by atoms with Gasteiger partial charge in [-0.1, -0.05) is 12.1 Å². The van der Waals surface area contributed by atoms with Crippen molar-refractivity contribution in [2.45, 2.75) is 18.3 Å². The van der Waals surface area contributed by atoms with Gasteiger partial charge in [0.15, 0.2) is 0 Å². The SMILES string of the molecule is N#Cc1ccc(C2(C(=O)Cl)CC2)cc1. The first-order chi connectivity index (χ1) is 6.69. The Labute approximate surface area is 87.1 Å². The summed E-state index contributed by atoms with van der Waals surface area (Å²) in [6.45, 7) is 0. The molecule has 70 valence electrons. The lowest BCUT2D eigenvalue weighted by Gasteiger charge is -2.09. The molecule has 14 heavy (non-hydrogen) atoms. The van der Waals surface area contributed by atoms with E-state index < -0.39 is 5.41 Å². The first-order valence-corrected chi connectivity index (χ1v) is 4.77. The molecule has 0 heterocycles. The van der Waals surface area contributed by atoms with Crippen LogP contribution >= 0.6 is 11.6 Å². The van der Waals surface area contributed by atoms with Crippen LogP contribution in [0.1, 0.15) is 24.0 Å². The van der Waals surface area contributed by atoms with Gasteiger partial charge in [-0.25, -0.2) is 0 Å². The van der Waals surface area contributed by atoms with Gasteiger partial charge in [0.25, 0.3) is 0 Å². The number of benzene rings is 1. The van der Waals surface area contributed by atoms with Crippen molar-refractivity contribution in [3.63, 3.8) is 0 Å². The second-order valence-electron chi connectivity index (χ2n) is 3.54. The fourth-order valence-corrected chi connectivity index (χ4v) is 1.89. The summed E-state index contributed by atoms with van der Waals surface area (Å²) in [5.74, 6) is 0. The summed E-state index contributed by atoms with van der Waals surface area (Å²) in [4.78, 5) is 11.2. The summed E-state index contributed by atoms with van der Waals surface area (Å²) in [7, 11) is 0. The van der Waals surface area contributed by atoms with Crippen LogP contribution in [-0.4, -0.2) is 5.24 Å². The van der Waals surface area contributed by atoms with Gasteiger partial charge in [-0.2, -0.15) is 5.26 Å². The van der Waals surface area contributed by atoms with E-state index in [0.29, 0.717) is 5.56 Å². The van der Waals surface area contributed by atoms with Gasteiger partial charge in [0.2, 0.25) is 5.24 Å². The molecule has 2 rings (SSSR count). The highest BCUT2D eigenvalue weighted by Gasteiger charge is 2.50. The summed E-state index contributed by atoms with van der Waals surface area (Å²) in [5.41, 5.74) is 1.08. The number of rotatable bonds is 2. The Morgan fingerprint density at radius 1 is 1.36 bits per heavy atom. The molecule has 0 aromatic heterocycles. The standard InChI is InChI=1S/C11H8ClNO/c12-10(14)11(5-6-11)9-3-1-8(7-13)2-4-9/h1-4H,5-6H2. The van der Waals surface area contributed by atoms with Crippen LogP contribution in [0.4, 0.5) is 0 Å². The van der Waals surface area contributed by atoms with Gasteiger partial charge in [-0.3, -0.25) is 4.79 Å². The van der Waals surface area contributed by atoms with Gasteiger partial charge in [-0.15, -0.1) is 0 Å². The maximum absolute atomic E-state index is 11.2. The van der Waals surface area contributed by atoms with E-state index in [2.05, 4.69) is 0 Å². The molecule has 0 saturated heterocycles. The minimum absolute atomic E-state index is 0.290. The molecule has 1 aromatic carbocycles. The normalized spacial score (nSPS) is 17.1. The molecule has 0 atom stereocenters. The van der Waals surface area contributed by atoms with Crippen molar-refractivity contribution >= 4 is 16.8 Å². The van der Waals surface area contributed by atoms with Crippen molar-refractivity contribution in [3.05, 3.63) is 35.4 Å². The molecule has 0 radical (unpaired) electrons. The Bertz CT molecular complexity index is 412. The van der Waals surface area contributed by atoms with Crippen LogP contribution in [-0.2, 0) is 10.2 Å². The molecule has 0 N–H and O–H groups in total. The van der Waals surface area contributed by atoms with Gasteiger partial charge in [0.05, 0.1) is 17.0 Å². The number of nitriles is 1. The number of nitrogens with zero attached hydrogens (tertiary/aromatic N) is 1. The molecule has 0 amide bonds. The Morgan fingerprint density at radius 2 is 1.93 bits per heavy atom. The number of halogens is 1. The molecule has 2 nitrogen and oxygen atoms in total. The van der Waals surface area contributed by atoms with E-state index in [1.54, 1.807) is 12.1 Å². The van der Waals surface area contributed by atoms with Gasteiger partial charge >= 0.3 is 0 Å². The number of hydrogen-bond donors (Lipinski definition) is 0. The molecule has 1 aliphatic carbocycles. The second kappa shape index (κ2) is 3.11. The van der Waals surface area contributed by atoms with Gasteiger partial charge in [0.1, 0.15) is 0 Å². The Morgan fingerprint density at radius 3 is 2.29 bits per heavy atom. The summed E-state index contributed by atoms with van der Waals surface area (Å²) >= 11 is 5.54. The van der Waals surface area contributed by atoms with E-state index in [-0.39, 0.29) is 5.24 Å². The van der Waals surface area contributed by atoms with Crippen molar-refractivity contribution in [2.75, 3.05) is 0 Å². The highest BCUT2D eigenvalue weighted by atomic mass is 35.5. The van der Waals surface area contributed by atoms with E-state index in [9.17, 15) is 4.79 Å². The zero-order valence-corrected chi connectivity index (χ0v) is 8.21. The first kappa shape index (κ1) is 9.23. The fraction of sp³-hybridized carbons (Fsp3) is 0.273. The monoisotopic (exact) mass is 205 g/mol. The third-order valence-corrected chi connectivity index (χ3v) is 3.05. The molecular formula is C11H8ClNO. The van der Waals surface area contributed by atoms with Crippen molar-refractivity contribution < 1.29 is 4.79 Å². The lowest BCUT2D eigenvalue weighted by Crippen LogP contribution is -2.14. The highest BCUT2D eigenvalue weighted by molar-refractivity contribution is 6.66. The molecule has 0 bridgehead atoms. The lowest BCUT2D eigenvalue weighted by molar-refractivity contribution is -0.113. The van der Waals surface area contributed by atoms with E-state index in [1.165, 1.54) is 0 Å². The minimum atomic E-state index is -0.449. The molecule has 1 fully saturated rings. The Hall–Kier alpha value is -1.33. The zero-order valence-electron chi connectivity index (χ0n) is 7.46. The molecular weight excluding hydrogens is 198 g/mol. The minimum Gasteiger partial charge on any atom is -0.280 e. The molecule has 0 unspecified atom stereocenters. The number of carbonyl (C=O) groups excluding carboxylic acids is 1. The third kappa shape index (κ3) is 1.30. The maximum atomic E-state index is 11.2. The highest BCUT2D eigenvalue weighted by Crippen LogP contribution is 2.49. The van der Waals surface area contributed by atoms with Crippen molar-refractivity contribution in [3.8, 4) is 6.07 Å². The van der Waals surface area contributed by atoms with Crippen LogP contribution in [0.2, 0.25) is 0 Å². The smallest absolute Gasteiger partial charge is 0.232 e. The largest absolute Gasteiger partial charge is 0.280 e. The predicted octanol–water partition coefficient (Wildman–Crippen LogP) is 2.36. The van der Waals surface area contributed by atoms with Crippen LogP contribution < -0.4 is 0 Å². The third-order valence-electron chi connectivity index (χ3n) is 2.69. The van der Waals surface area contributed by atoms with Gasteiger partial charge < -0.3 is 0 Å². The topological polar surface area (TPSA) is 40.9 Å². The molecule has 0 spiro atoms. The molecule has 1 aromatic rings. The van der Waals surface area contributed by atoms with E-state index in [4.69, 9.17) is 16.9 Å². The fourth-order valence-electron chi connectivity index (χ4n) is 1.59. The number of hydrogen-bond acceptors (Lipinski definition) is 2. The van der Waals surface area contributed by atoms with Crippen LogP contribution in [0.5, 0.6) is 0 Å². The molecule has 1 aliphatic rings. The predicted molar refractivity (Wildman–Crippen MR) is 52.9 cm³/mol. The average Bonchev–Trinajstić information content (AvgIpc) is 2.99. The zero-order chi connectivity index (χ0) is 10.2. The summed E-state index contributed by atoms with van der Waals surface area (Å²) in [5, 5.41) is 8.32. The lowest BCUT2D eigenvalue weighted by atomic mass is 9.97. The second-order valence-corrected chi connectivity index (χ2v) is 3.89. The first-order valence-electron chi connectivity index (χ1n) is 4.40. The van der Waals surface area contributed by atoms with E-state index in [1.807, 2.05) is 18.2 Å². The maximum Gasteiger partial charge on any atom is 0.232 e. The van der Waals surface area contributed by atoms with Crippen molar-refractivity contribution in [2.24, 2.45) is 0 Å². The van der Waals surface area contributed by atoms with Crippen LogP contribution in [0.15, 0.2) is 24.3 Å². The van der Waals surface area contributed by atoms with Crippen LogP contribution in [0.25, 0.3) is 0 Å². The summed E-state index contributed by atoms with van der Waals surface area (Å²) in [6.07, 6.45) is 1.64. The van der Waals surface area contributed by atoms with E-state index >= 15 is 0 Å². The summed E-state index contributed by atoms with van der Waals surface area (Å²) < 4.78 is 0. The molecule has 0 aliphatic heterocycles. The Balaban J connectivity index is 2.35. The quantitative estimate of drug-likeness (QED) is 0.696.